The number of aliphatic hydroxyl groups is 1. The van der Waals surface area contributed by atoms with Gasteiger partial charge < -0.3 is 10.4 Å². The van der Waals surface area contributed by atoms with E-state index >= 15 is 0 Å². The molecular weight excluding hydrogens is 226 g/mol. The monoisotopic (exact) mass is 249 g/mol. The Bertz CT molecular complexity index is 305. The second-order valence-corrected chi connectivity index (χ2v) is 7.39. The number of nitrogens with one attached hydrogen (secondary N) is 1. The molecule has 0 amide bonds. The summed E-state index contributed by atoms with van der Waals surface area (Å²) < 4.78 is 22.0. The van der Waals surface area contributed by atoms with Crippen molar-refractivity contribution in [2.45, 2.75) is 38.2 Å². The predicted octanol–water partition coefficient (Wildman–Crippen LogP) is 0.562. The quantitative estimate of drug-likeness (QED) is 0.747. The zero-order chi connectivity index (χ0) is 12.2. The molecule has 1 aliphatic rings. The van der Waals surface area contributed by atoms with E-state index in [1.54, 1.807) is 0 Å². The molecule has 96 valence electrons. The van der Waals surface area contributed by atoms with Crippen LogP contribution in [0.5, 0.6) is 0 Å². The van der Waals surface area contributed by atoms with Crippen molar-refractivity contribution < 1.29 is 13.5 Å². The van der Waals surface area contributed by atoms with Gasteiger partial charge in [0.1, 0.15) is 9.84 Å². The molecule has 0 aromatic heterocycles. The molecular formula is C11H23NO3S. The molecule has 0 saturated carbocycles. The Morgan fingerprint density at radius 3 is 2.69 bits per heavy atom. The fourth-order valence-electron chi connectivity index (χ4n) is 2.28. The first-order chi connectivity index (χ1) is 7.31. The van der Waals surface area contributed by atoms with Crippen LogP contribution >= 0.6 is 0 Å². The summed E-state index contributed by atoms with van der Waals surface area (Å²) in [4.78, 5) is 0. The molecule has 1 aliphatic heterocycles. The van der Waals surface area contributed by atoms with Gasteiger partial charge in [-0.25, -0.2) is 8.42 Å². The van der Waals surface area contributed by atoms with E-state index < -0.39 is 15.4 Å². The van der Waals surface area contributed by atoms with E-state index in [9.17, 15) is 13.5 Å². The smallest absolute Gasteiger partial charge is 0.147 e. The normalized spacial score (nSPS) is 26.3. The second kappa shape index (κ2) is 5.47. The standard InChI is InChI=1S/C11H23NO3S/c1-11(13,6-4-8-16(2,14)15)10-5-3-7-12-9-10/h10,12-13H,3-9H2,1-2H3. The molecule has 0 spiro atoms. The zero-order valence-corrected chi connectivity index (χ0v) is 11.0. The van der Waals surface area contributed by atoms with Crippen LogP contribution in [0, 0.1) is 5.92 Å². The number of piperidine rings is 1. The summed E-state index contributed by atoms with van der Waals surface area (Å²) >= 11 is 0. The molecule has 2 unspecified atom stereocenters. The molecule has 0 aromatic carbocycles. The van der Waals surface area contributed by atoms with E-state index in [1.807, 2.05) is 6.92 Å². The van der Waals surface area contributed by atoms with Crippen molar-refractivity contribution in [1.82, 2.24) is 5.32 Å². The van der Waals surface area contributed by atoms with Crippen LogP contribution in [-0.4, -0.2) is 44.2 Å². The first kappa shape index (κ1) is 13.9. The minimum atomic E-state index is -2.90. The average Bonchev–Trinajstić information content (AvgIpc) is 2.17. The summed E-state index contributed by atoms with van der Waals surface area (Å²) in [5, 5.41) is 13.6. The highest BCUT2D eigenvalue weighted by atomic mass is 32.2. The Balaban J connectivity index is 2.38. The Hall–Kier alpha value is -0.130. The number of hydrogen-bond acceptors (Lipinski definition) is 4. The number of sulfone groups is 1. The maximum Gasteiger partial charge on any atom is 0.147 e. The summed E-state index contributed by atoms with van der Waals surface area (Å²) in [5.74, 6) is 0.421. The highest BCUT2D eigenvalue weighted by Gasteiger charge is 2.32. The SMILES string of the molecule is CC(O)(CCCS(C)(=O)=O)C1CCCNC1. The molecule has 0 bridgehead atoms. The van der Waals surface area contributed by atoms with Gasteiger partial charge in [0.25, 0.3) is 0 Å². The van der Waals surface area contributed by atoms with Gasteiger partial charge in [0.05, 0.1) is 5.60 Å². The molecule has 0 aliphatic carbocycles. The second-order valence-electron chi connectivity index (χ2n) is 5.13. The van der Waals surface area contributed by atoms with Crippen LogP contribution in [0.25, 0.3) is 0 Å². The average molecular weight is 249 g/mol. The maximum absolute atomic E-state index is 11.0. The van der Waals surface area contributed by atoms with E-state index in [0.717, 1.165) is 25.9 Å². The molecule has 1 rings (SSSR count). The molecule has 5 heteroatoms. The van der Waals surface area contributed by atoms with Crippen molar-refractivity contribution in [3.8, 4) is 0 Å². The van der Waals surface area contributed by atoms with Gasteiger partial charge in [-0.05, 0) is 45.1 Å². The van der Waals surface area contributed by atoms with Gasteiger partial charge in [0.2, 0.25) is 0 Å². The van der Waals surface area contributed by atoms with Crippen molar-refractivity contribution in [2.75, 3.05) is 25.1 Å². The largest absolute Gasteiger partial charge is 0.390 e. The van der Waals surface area contributed by atoms with Gasteiger partial charge in [-0.3, -0.25) is 0 Å². The third-order valence-corrected chi connectivity index (χ3v) is 4.40. The molecule has 16 heavy (non-hydrogen) atoms. The van der Waals surface area contributed by atoms with E-state index in [1.165, 1.54) is 6.26 Å². The fraction of sp³-hybridized carbons (Fsp3) is 1.00. The molecule has 1 saturated heterocycles. The van der Waals surface area contributed by atoms with Crippen LogP contribution in [0.4, 0.5) is 0 Å². The third kappa shape index (κ3) is 4.80. The molecule has 0 aromatic rings. The Kier molecular flexibility index (Phi) is 4.76. The van der Waals surface area contributed by atoms with Crippen molar-refractivity contribution >= 4 is 9.84 Å². The molecule has 1 heterocycles. The Labute approximate surface area is 98.4 Å². The lowest BCUT2D eigenvalue weighted by Crippen LogP contribution is -2.44. The van der Waals surface area contributed by atoms with Gasteiger partial charge in [-0.15, -0.1) is 0 Å². The minimum Gasteiger partial charge on any atom is -0.390 e. The summed E-state index contributed by atoms with van der Waals surface area (Å²) in [6.45, 7) is 3.69. The van der Waals surface area contributed by atoms with E-state index in [0.29, 0.717) is 12.8 Å². The summed E-state index contributed by atoms with van der Waals surface area (Å²) in [6.07, 6.45) is 4.46. The zero-order valence-electron chi connectivity index (χ0n) is 10.2. The van der Waals surface area contributed by atoms with Crippen molar-refractivity contribution in [3.63, 3.8) is 0 Å². The Morgan fingerprint density at radius 2 is 2.19 bits per heavy atom. The van der Waals surface area contributed by atoms with Crippen LogP contribution < -0.4 is 5.32 Å². The first-order valence-corrected chi connectivity index (χ1v) is 7.98. The lowest BCUT2D eigenvalue weighted by Gasteiger charge is -2.36. The summed E-state index contributed by atoms with van der Waals surface area (Å²) in [5.41, 5.74) is -0.738. The van der Waals surface area contributed by atoms with E-state index in [-0.39, 0.29) is 11.7 Å². The van der Waals surface area contributed by atoms with Crippen molar-refractivity contribution in [3.05, 3.63) is 0 Å². The number of rotatable bonds is 5. The van der Waals surface area contributed by atoms with Crippen molar-refractivity contribution in [2.24, 2.45) is 5.92 Å². The lowest BCUT2D eigenvalue weighted by molar-refractivity contribution is -0.0182. The molecule has 4 nitrogen and oxygen atoms in total. The van der Waals surface area contributed by atoms with Gasteiger partial charge in [-0.2, -0.15) is 0 Å². The first-order valence-electron chi connectivity index (χ1n) is 5.92. The van der Waals surface area contributed by atoms with Gasteiger partial charge in [0, 0.05) is 18.6 Å². The van der Waals surface area contributed by atoms with Crippen LogP contribution in [0.1, 0.15) is 32.6 Å². The molecule has 2 atom stereocenters. The van der Waals surface area contributed by atoms with Gasteiger partial charge >= 0.3 is 0 Å². The van der Waals surface area contributed by atoms with Crippen LogP contribution in [-0.2, 0) is 9.84 Å². The molecule has 2 N–H and O–H groups in total. The van der Waals surface area contributed by atoms with Gasteiger partial charge in [0.15, 0.2) is 0 Å². The maximum atomic E-state index is 11.0. The molecule has 1 fully saturated rings. The lowest BCUT2D eigenvalue weighted by atomic mass is 9.81. The van der Waals surface area contributed by atoms with E-state index in [4.69, 9.17) is 0 Å². The highest BCUT2D eigenvalue weighted by molar-refractivity contribution is 7.90. The fourth-order valence-corrected chi connectivity index (χ4v) is 2.95. The topological polar surface area (TPSA) is 66.4 Å². The third-order valence-electron chi connectivity index (χ3n) is 3.37. The highest BCUT2D eigenvalue weighted by Crippen LogP contribution is 2.28. The molecule has 0 radical (unpaired) electrons. The summed E-state index contributed by atoms with van der Waals surface area (Å²) in [7, 11) is -2.90. The van der Waals surface area contributed by atoms with E-state index in [2.05, 4.69) is 5.32 Å². The van der Waals surface area contributed by atoms with Crippen LogP contribution in [0.2, 0.25) is 0 Å². The van der Waals surface area contributed by atoms with Gasteiger partial charge in [-0.1, -0.05) is 0 Å². The minimum absolute atomic E-state index is 0.170. The van der Waals surface area contributed by atoms with Crippen LogP contribution in [0.3, 0.4) is 0 Å². The predicted molar refractivity (Wildman–Crippen MR) is 65.2 cm³/mol. The van der Waals surface area contributed by atoms with Crippen molar-refractivity contribution in [1.29, 1.82) is 0 Å². The van der Waals surface area contributed by atoms with Crippen LogP contribution in [0.15, 0.2) is 0 Å². The Morgan fingerprint density at radius 1 is 1.50 bits per heavy atom. The summed E-state index contributed by atoms with van der Waals surface area (Å²) in [6, 6.07) is 0. The number of hydrogen-bond donors (Lipinski definition) is 2.